The van der Waals surface area contributed by atoms with E-state index in [1.54, 1.807) is 26.2 Å². The highest BCUT2D eigenvalue weighted by Crippen LogP contribution is 2.40. The minimum absolute atomic E-state index is 0.0691. The molecular weight excluding hydrogens is 450 g/mol. The maximum Gasteiger partial charge on any atom is 0.266 e. The van der Waals surface area contributed by atoms with Crippen LogP contribution in [-0.2, 0) is 9.53 Å². The molecule has 0 N–H and O–H groups in total. The smallest absolute Gasteiger partial charge is 0.266 e. The molecule has 7 nitrogen and oxygen atoms in total. The lowest BCUT2D eigenvalue weighted by molar-refractivity contribution is -0.122. The Bertz CT molecular complexity index is 1070. The maximum absolute atomic E-state index is 13.4. The molecule has 2 saturated heterocycles. The summed E-state index contributed by atoms with van der Waals surface area (Å²) in [6.45, 7) is 3.13. The second-order valence-electron chi connectivity index (χ2n) is 8.10. The number of ether oxygens (including phenoxy) is 3. The molecule has 34 heavy (non-hydrogen) atoms. The van der Waals surface area contributed by atoms with Crippen molar-refractivity contribution >= 4 is 40.3 Å². The molecule has 0 radical (unpaired) electrons. The van der Waals surface area contributed by atoms with E-state index in [9.17, 15) is 4.79 Å². The van der Waals surface area contributed by atoms with E-state index in [2.05, 4.69) is 4.90 Å². The summed E-state index contributed by atoms with van der Waals surface area (Å²) in [7, 11) is 4.99. The van der Waals surface area contributed by atoms with Gasteiger partial charge in [0.25, 0.3) is 5.91 Å². The molecule has 0 spiro atoms. The summed E-state index contributed by atoms with van der Waals surface area (Å²) in [5.74, 6) is 1.42. The number of thioether (sulfide) groups is 1. The van der Waals surface area contributed by atoms with Crippen molar-refractivity contribution < 1.29 is 19.0 Å². The van der Waals surface area contributed by atoms with Gasteiger partial charge >= 0.3 is 0 Å². The molecule has 2 aromatic rings. The number of amidine groups is 1. The first-order valence-corrected chi connectivity index (χ1v) is 12.3. The second kappa shape index (κ2) is 11.4. The Morgan fingerprint density at radius 3 is 2.44 bits per heavy atom. The van der Waals surface area contributed by atoms with Gasteiger partial charge in [-0.2, -0.15) is 0 Å². The van der Waals surface area contributed by atoms with Crippen LogP contribution in [0.4, 0.5) is 11.4 Å². The van der Waals surface area contributed by atoms with Crippen molar-refractivity contribution in [2.45, 2.75) is 19.3 Å². The minimum Gasteiger partial charge on any atom is -0.496 e. The Hall–Kier alpha value is -2.97. The van der Waals surface area contributed by atoms with Crippen LogP contribution in [0.15, 0.2) is 52.4 Å². The van der Waals surface area contributed by atoms with E-state index in [0.717, 1.165) is 42.2 Å². The molecule has 0 saturated carbocycles. The van der Waals surface area contributed by atoms with Gasteiger partial charge in [-0.3, -0.25) is 9.69 Å². The Kier molecular flexibility index (Phi) is 8.13. The zero-order chi connectivity index (χ0) is 23.9. The molecule has 2 aliphatic heterocycles. The summed E-state index contributed by atoms with van der Waals surface area (Å²) in [4.78, 5) is 22.8. The predicted octanol–water partition coefficient (Wildman–Crippen LogP) is 4.94. The van der Waals surface area contributed by atoms with Gasteiger partial charge in [-0.1, -0.05) is 18.2 Å². The van der Waals surface area contributed by atoms with Crippen LogP contribution in [0.2, 0.25) is 0 Å². The molecule has 180 valence electrons. The third-order valence-electron chi connectivity index (χ3n) is 5.86. The summed E-state index contributed by atoms with van der Waals surface area (Å²) in [6.07, 6.45) is 4.94. The molecule has 0 bridgehead atoms. The zero-order valence-corrected chi connectivity index (χ0v) is 20.8. The monoisotopic (exact) mass is 481 g/mol. The molecule has 2 aromatic carbocycles. The van der Waals surface area contributed by atoms with Crippen molar-refractivity contribution in [3.63, 3.8) is 0 Å². The molecule has 0 unspecified atom stereocenters. The highest BCUT2D eigenvalue weighted by molar-refractivity contribution is 8.18. The Labute approximate surface area is 205 Å². The van der Waals surface area contributed by atoms with E-state index < -0.39 is 0 Å². The van der Waals surface area contributed by atoms with Gasteiger partial charge in [0.05, 0.1) is 30.5 Å². The molecule has 4 rings (SSSR count). The summed E-state index contributed by atoms with van der Waals surface area (Å²) >= 11 is 1.38. The lowest BCUT2D eigenvalue weighted by Crippen LogP contribution is -2.30. The highest BCUT2D eigenvalue weighted by Gasteiger charge is 2.33. The first kappa shape index (κ1) is 24.2. The van der Waals surface area contributed by atoms with Crippen molar-refractivity contribution in [1.29, 1.82) is 0 Å². The van der Waals surface area contributed by atoms with Gasteiger partial charge in [0, 0.05) is 45.0 Å². The lowest BCUT2D eigenvalue weighted by atomic mass is 10.1. The summed E-state index contributed by atoms with van der Waals surface area (Å²) in [5, 5.41) is 0.665. The molecule has 1 amide bonds. The number of carbonyl (C=O) groups is 1. The van der Waals surface area contributed by atoms with Crippen molar-refractivity contribution in [3.8, 4) is 11.5 Å². The van der Waals surface area contributed by atoms with E-state index in [1.807, 2.05) is 48.5 Å². The second-order valence-corrected chi connectivity index (χ2v) is 9.11. The fraction of sp³-hybridized carbons (Fsp3) is 0.385. The molecular formula is C26H31N3O4S. The number of nitrogens with zero attached hydrogens (tertiary/aromatic N) is 3. The number of amides is 1. The third kappa shape index (κ3) is 5.39. The van der Waals surface area contributed by atoms with Crippen molar-refractivity contribution in [2.75, 3.05) is 52.5 Å². The SMILES string of the molecule is COCCCN1C(=O)/C(=C\c2cc(OC)c(N3CCCC3)cc2OC)SC1=Nc1ccccc1. The predicted molar refractivity (Wildman–Crippen MR) is 138 cm³/mol. The van der Waals surface area contributed by atoms with Gasteiger partial charge in [0.2, 0.25) is 0 Å². The van der Waals surface area contributed by atoms with Gasteiger partial charge < -0.3 is 19.1 Å². The molecule has 8 heteroatoms. The van der Waals surface area contributed by atoms with Crippen LogP contribution in [0.1, 0.15) is 24.8 Å². The number of rotatable bonds is 9. The van der Waals surface area contributed by atoms with Gasteiger partial charge in [-0.15, -0.1) is 0 Å². The van der Waals surface area contributed by atoms with Gasteiger partial charge in [0.1, 0.15) is 11.5 Å². The standard InChI is InChI=1S/C26H31N3O4S/c1-31-15-9-14-29-25(30)24(34-26(29)27-20-10-5-4-6-11-20)17-19-16-23(33-3)21(18-22(19)32-2)28-12-7-8-13-28/h4-6,10-11,16-18H,7-9,12-15H2,1-3H3/b24-17+,27-26?. The van der Waals surface area contributed by atoms with Crippen molar-refractivity contribution in [1.82, 2.24) is 4.90 Å². The van der Waals surface area contributed by atoms with Crippen LogP contribution in [0.3, 0.4) is 0 Å². The average Bonchev–Trinajstić information content (AvgIpc) is 3.49. The van der Waals surface area contributed by atoms with E-state index in [0.29, 0.717) is 29.0 Å². The van der Waals surface area contributed by atoms with Crippen LogP contribution in [0, 0.1) is 0 Å². The number of anilines is 1. The first-order valence-electron chi connectivity index (χ1n) is 11.5. The molecule has 2 aliphatic rings. The van der Waals surface area contributed by atoms with Gasteiger partial charge in [-0.05, 0) is 55.3 Å². The number of para-hydroxylation sites is 1. The van der Waals surface area contributed by atoms with E-state index in [1.165, 1.54) is 24.6 Å². The maximum atomic E-state index is 13.4. The third-order valence-corrected chi connectivity index (χ3v) is 6.87. The largest absolute Gasteiger partial charge is 0.496 e. The van der Waals surface area contributed by atoms with Crippen molar-refractivity contribution in [3.05, 3.63) is 52.9 Å². The summed E-state index contributed by atoms with van der Waals surface area (Å²) in [6, 6.07) is 13.6. The highest BCUT2D eigenvalue weighted by atomic mass is 32.2. The molecule has 0 aromatic heterocycles. The number of hydrogen-bond donors (Lipinski definition) is 0. The van der Waals surface area contributed by atoms with Crippen LogP contribution in [0.25, 0.3) is 6.08 Å². The van der Waals surface area contributed by atoms with Crippen LogP contribution >= 0.6 is 11.8 Å². The fourth-order valence-corrected chi connectivity index (χ4v) is 5.15. The molecule has 0 aliphatic carbocycles. The number of hydrogen-bond acceptors (Lipinski definition) is 7. The number of carbonyl (C=O) groups excluding carboxylic acids is 1. The van der Waals surface area contributed by atoms with Gasteiger partial charge in [-0.25, -0.2) is 4.99 Å². The number of benzene rings is 2. The first-order chi connectivity index (χ1) is 16.6. The van der Waals surface area contributed by atoms with Gasteiger partial charge in [0.15, 0.2) is 5.17 Å². The van der Waals surface area contributed by atoms with E-state index in [-0.39, 0.29) is 5.91 Å². The van der Waals surface area contributed by atoms with Crippen LogP contribution in [0.5, 0.6) is 11.5 Å². The Morgan fingerprint density at radius 2 is 1.76 bits per heavy atom. The normalized spacial score (nSPS) is 18.4. The number of methoxy groups -OCH3 is 3. The van der Waals surface area contributed by atoms with Crippen molar-refractivity contribution in [2.24, 2.45) is 4.99 Å². The van der Waals surface area contributed by atoms with Crippen LogP contribution < -0.4 is 14.4 Å². The fourth-order valence-electron chi connectivity index (χ4n) is 4.13. The quantitative estimate of drug-likeness (QED) is 0.373. The summed E-state index contributed by atoms with van der Waals surface area (Å²) < 4.78 is 16.6. The topological polar surface area (TPSA) is 63.6 Å². The summed E-state index contributed by atoms with van der Waals surface area (Å²) in [5.41, 5.74) is 2.64. The minimum atomic E-state index is -0.0691. The molecule has 0 atom stereocenters. The Morgan fingerprint density at radius 1 is 1.03 bits per heavy atom. The zero-order valence-electron chi connectivity index (χ0n) is 20.0. The lowest BCUT2D eigenvalue weighted by Gasteiger charge is -2.22. The Balaban J connectivity index is 1.68. The number of aliphatic imine (C=N–C) groups is 1. The van der Waals surface area contributed by atoms with E-state index >= 15 is 0 Å². The van der Waals surface area contributed by atoms with Crippen LogP contribution in [-0.4, -0.2) is 63.5 Å². The molecule has 2 heterocycles. The average molecular weight is 482 g/mol. The molecule has 2 fully saturated rings. The van der Waals surface area contributed by atoms with E-state index in [4.69, 9.17) is 19.2 Å².